The summed E-state index contributed by atoms with van der Waals surface area (Å²) in [7, 11) is 2.13. The van der Waals surface area contributed by atoms with Crippen molar-refractivity contribution in [1.82, 2.24) is 29.3 Å². The van der Waals surface area contributed by atoms with Crippen molar-refractivity contribution in [3.63, 3.8) is 0 Å². The smallest absolute Gasteiger partial charge is 0.251 e. The highest BCUT2D eigenvalue weighted by Gasteiger charge is 2.17. The van der Waals surface area contributed by atoms with Gasteiger partial charge in [0.2, 0.25) is 5.95 Å². The molecule has 0 amide bonds. The average molecular weight is 506 g/mol. The summed E-state index contributed by atoms with van der Waals surface area (Å²) in [5.74, 6) is -0.621. The number of fused-ring (bicyclic) bond motifs is 1. The van der Waals surface area contributed by atoms with Crippen LogP contribution < -0.4 is 10.9 Å². The number of hydrogen-bond donors (Lipinski definition) is 1. The lowest BCUT2D eigenvalue weighted by Gasteiger charge is -2.32. The molecule has 3 aromatic heterocycles. The van der Waals surface area contributed by atoms with Crippen LogP contribution in [0, 0.1) is 11.6 Å². The highest BCUT2D eigenvalue weighted by atomic mass is 19.1. The van der Waals surface area contributed by atoms with Gasteiger partial charge in [-0.15, -0.1) is 0 Å². The molecule has 37 heavy (non-hydrogen) atoms. The van der Waals surface area contributed by atoms with Gasteiger partial charge in [-0.2, -0.15) is 0 Å². The van der Waals surface area contributed by atoms with Gasteiger partial charge in [0, 0.05) is 62.0 Å². The number of hydrogen-bond acceptors (Lipinski definition) is 7. The number of nitrogens with one attached hydrogen (secondary N) is 1. The molecule has 0 spiro atoms. The Kier molecular flexibility index (Phi) is 6.94. The van der Waals surface area contributed by atoms with E-state index in [1.165, 1.54) is 22.8 Å². The second-order valence-electron chi connectivity index (χ2n) is 9.67. The summed E-state index contributed by atoms with van der Waals surface area (Å²) in [6, 6.07) is 9.19. The topological polar surface area (TPSA) is 79.2 Å². The van der Waals surface area contributed by atoms with Crippen molar-refractivity contribution in [2.75, 3.05) is 38.5 Å². The van der Waals surface area contributed by atoms with E-state index in [0.717, 1.165) is 44.5 Å². The Hall–Kier alpha value is -3.76. The summed E-state index contributed by atoms with van der Waals surface area (Å²) in [5.41, 5.74) is 1.35. The summed E-state index contributed by atoms with van der Waals surface area (Å²) in [4.78, 5) is 29.9. The van der Waals surface area contributed by atoms with Crippen LogP contribution in [0.15, 0.2) is 53.6 Å². The van der Waals surface area contributed by atoms with E-state index in [1.807, 2.05) is 26.0 Å². The Balaban J connectivity index is 1.40. The molecule has 0 atom stereocenters. The Morgan fingerprint density at radius 1 is 0.973 bits per heavy atom. The standard InChI is InChI=1S/C27H29F2N7O/c1-17(2)36-23-13-19(12-21(28)20(23)5-7-25(36)37)26-22(29)15-31-27(33-26)32-24-6-4-18(14-30-24)16-35-10-8-34(3)9-11-35/h4-7,12-15,17H,8-11,16H2,1-3H3,(H,30,31,32,33). The third-order valence-corrected chi connectivity index (χ3v) is 6.60. The van der Waals surface area contributed by atoms with Gasteiger partial charge in [-0.1, -0.05) is 6.07 Å². The molecular formula is C27H29F2N7O. The van der Waals surface area contributed by atoms with Gasteiger partial charge in [0.1, 0.15) is 17.3 Å². The number of benzene rings is 1. The monoisotopic (exact) mass is 505 g/mol. The first-order valence-electron chi connectivity index (χ1n) is 12.3. The number of likely N-dealkylation sites (N-methyl/N-ethyl adjacent to an activating group) is 1. The Labute approximate surface area is 213 Å². The summed E-state index contributed by atoms with van der Waals surface area (Å²) in [6.45, 7) is 8.64. The Morgan fingerprint density at radius 2 is 1.76 bits per heavy atom. The van der Waals surface area contributed by atoms with Gasteiger partial charge < -0.3 is 14.8 Å². The highest BCUT2D eigenvalue weighted by molar-refractivity contribution is 5.85. The molecular weight excluding hydrogens is 476 g/mol. The van der Waals surface area contributed by atoms with Crippen LogP contribution in [0.5, 0.6) is 0 Å². The van der Waals surface area contributed by atoms with E-state index < -0.39 is 11.6 Å². The van der Waals surface area contributed by atoms with Crippen LogP contribution in [-0.2, 0) is 6.54 Å². The van der Waals surface area contributed by atoms with Gasteiger partial charge in [-0.3, -0.25) is 9.69 Å². The lowest BCUT2D eigenvalue weighted by atomic mass is 10.1. The second kappa shape index (κ2) is 10.3. The fraction of sp³-hybridized carbons (Fsp3) is 0.333. The molecule has 5 rings (SSSR count). The number of halogens is 2. The Bertz CT molecular complexity index is 1480. The first kappa shape index (κ1) is 24.9. The van der Waals surface area contributed by atoms with Crippen molar-refractivity contribution in [3.05, 3.63) is 76.3 Å². The molecule has 1 aromatic carbocycles. The average Bonchev–Trinajstić information content (AvgIpc) is 2.87. The van der Waals surface area contributed by atoms with Crippen LogP contribution in [0.2, 0.25) is 0 Å². The van der Waals surface area contributed by atoms with Gasteiger partial charge in [0.15, 0.2) is 5.82 Å². The predicted molar refractivity (Wildman–Crippen MR) is 140 cm³/mol. The van der Waals surface area contributed by atoms with E-state index in [0.29, 0.717) is 11.3 Å². The maximum atomic E-state index is 15.0. The molecule has 8 nitrogen and oxygen atoms in total. The minimum Gasteiger partial charge on any atom is -0.309 e. The van der Waals surface area contributed by atoms with E-state index in [-0.39, 0.29) is 34.2 Å². The molecule has 1 fully saturated rings. The van der Waals surface area contributed by atoms with E-state index in [9.17, 15) is 13.6 Å². The molecule has 0 bridgehead atoms. The first-order chi connectivity index (χ1) is 17.8. The summed E-state index contributed by atoms with van der Waals surface area (Å²) in [6.07, 6.45) is 2.84. The van der Waals surface area contributed by atoms with Crippen molar-refractivity contribution in [3.8, 4) is 11.3 Å². The zero-order valence-corrected chi connectivity index (χ0v) is 21.1. The molecule has 4 heterocycles. The largest absolute Gasteiger partial charge is 0.309 e. The lowest BCUT2D eigenvalue weighted by Crippen LogP contribution is -2.43. The first-order valence-corrected chi connectivity index (χ1v) is 12.3. The van der Waals surface area contributed by atoms with Crippen LogP contribution in [0.3, 0.4) is 0 Å². The van der Waals surface area contributed by atoms with Crippen LogP contribution in [0.1, 0.15) is 25.5 Å². The van der Waals surface area contributed by atoms with Crippen LogP contribution >= 0.6 is 0 Å². The fourth-order valence-electron chi connectivity index (χ4n) is 4.59. The highest BCUT2D eigenvalue weighted by Crippen LogP contribution is 2.29. The van der Waals surface area contributed by atoms with E-state index in [1.54, 1.807) is 12.3 Å². The van der Waals surface area contributed by atoms with Crippen molar-refractivity contribution in [1.29, 1.82) is 0 Å². The minimum atomic E-state index is -0.700. The minimum absolute atomic E-state index is 0.0726. The molecule has 1 saturated heterocycles. The Morgan fingerprint density at radius 3 is 2.46 bits per heavy atom. The molecule has 0 aliphatic carbocycles. The molecule has 0 saturated carbocycles. The van der Waals surface area contributed by atoms with Crippen molar-refractivity contribution < 1.29 is 8.78 Å². The quantitative estimate of drug-likeness (QED) is 0.421. The van der Waals surface area contributed by atoms with Crippen LogP contribution in [-0.4, -0.2) is 62.5 Å². The van der Waals surface area contributed by atoms with Crippen molar-refractivity contribution >= 4 is 22.7 Å². The number of pyridine rings is 2. The summed E-state index contributed by atoms with van der Waals surface area (Å²) < 4.78 is 31.3. The maximum Gasteiger partial charge on any atom is 0.251 e. The third kappa shape index (κ3) is 5.35. The van der Waals surface area contributed by atoms with Gasteiger partial charge in [0.25, 0.3) is 5.56 Å². The molecule has 0 unspecified atom stereocenters. The van der Waals surface area contributed by atoms with Gasteiger partial charge in [-0.25, -0.2) is 23.7 Å². The van der Waals surface area contributed by atoms with Crippen LogP contribution in [0.4, 0.5) is 20.5 Å². The number of anilines is 2. The fourth-order valence-corrected chi connectivity index (χ4v) is 4.59. The zero-order valence-electron chi connectivity index (χ0n) is 21.1. The van der Waals surface area contributed by atoms with Gasteiger partial charge >= 0.3 is 0 Å². The third-order valence-electron chi connectivity index (χ3n) is 6.60. The van der Waals surface area contributed by atoms with Crippen LogP contribution in [0.25, 0.3) is 22.2 Å². The predicted octanol–water partition coefficient (Wildman–Crippen LogP) is 4.20. The molecule has 1 N–H and O–H groups in total. The molecule has 1 aliphatic heterocycles. The second-order valence-corrected chi connectivity index (χ2v) is 9.67. The maximum absolute atomic E-state index is 15.0. The van der Waals surface area contributed by atoms with Gasteiger partial charge in [-0.05, 0) is 50.7 Å². The number of aromatic nitrogens is 4. The number of piperazine rings is 1. The molecule has 4 aromatic rings. The molecule has 10 heteroatoms. The number of rotatable bonds is 6. The molecule has 192 valence electrons. The summed E-state index contributed by atoms with van der Waals surface area (Å²) >= 11 is 0. The molecule has 0 radical (unpaired) electrons. The van der Waals surface area contributed by atoms with Crippen molar-refractivity contribution in [2.24, 2.45) is 0 Å². The number of nitrogens with zero attached hydrogens (tertiary/aromatic N) is 6. The summed E-state index contributed by atoms with van der Waals surface area (Å²) in [5, 5.41) is 3.28. The molecule has 1 aliphatic rings. The van der Waals surface area contributed by atoms with E-state index in [4.69, 9.17) is 0 Å². The SMILES string of the molecule is CC(C)n1c(=O)ccc2c(F)cc(-c3nc(Nc4ccc(CN5CCN(C)CC5)cn4)ncc3F)cc21. The van der Waals surface area contributed by atoms with Gasteiger partial charge in [0.05, 0.1) is 11.7 Å². The lowest BCUT2D eigenvalue weighted by molar-refractivity contribution is 0.148. The normalized spacial score (nSPS) is 15.0. The van der Waals surface area contributed by atoms with E-state index >= 15 is 0 Å². The zero-order chi connectivity index (χ0) is 26.1. The van der Waals surface area contributed by atoms with Crippen molar-refractivity contribution in [2.45, 2.75) is 26.4 Å². The van der Waals surface area contributed by atoms with E-state index in [2.05, 4.69) is 37.1 Å².